The number of nitrogens with zero attached hydrogens (tertiary/aromatic N) is 4. The van der Waals surface area contributed by atoms with Crippen molar-refractivity contribution in [3.63, 3.8) is 0 Å². The Bertz CT molecular complexity index is 1520. The molecule has 218 valence electrons. The van der Waals surface area contributed by atoms with Crippen LogP contribution in [0.4, 0.5) is 23.2 Å². The molecule has 2 saturated heterocycles. The van der Waals surface area contributed by atoms with E-state index in [4.69, 9.17) is 5.73 Å². The molecule has 5 rings (SSSR count). The largest absolute Gasteiger partial charge is 0.417 e. The van der Waals surface area contributed by atoms with Crippen molar-refractivity contribution in [3.8, 4) is 16.8 Å². The molecule has 0 saturated carbocycles. The first kappa shape index (κ1) is 28.8. The van der Waals surface area contributed by atoms with Gasteiger partial charge in [-0.15, -0.1) is 0 Å². The summed E-state index contributed by atoms with van der Waals surface area (Å²) in [5.41, 5.74) is 4.30. The highest BCUT2D eigenvalue weighted by Gasteiger charge is 2.36. The fourth-order valence-corrected chi connectivity index (χ4v) is 5.46. The maximum Gasteiger partial charge on any atom is 0.417 e. The van der Waals surface area contributed by atoms with Crippen LogP contribution in [0.3, 0.4) is 0 Å². The number of halogens is 4. The Morgan fingerprint density at radius 2 is 1.76 bits per heavy atom. The number of alkyl halides is 3. The van der Waals surface area contributed by atoms with E-state index in [1.807, 2.05) is 11.9 Å². The Morgan fingerprint density at radius 1 is 1.02 bits per heavy atom. The fraction of sp³-hybridized carbons (Fsp3) is 0.379. The van der Waals surface area contributed by atoms with Crippen LogP contribution in [-0.2, 0) is 12.7 Å². The van der Waals surface area contributed by atoms with Crippen LogP contribution in [0.5, 0.6) is 0 Å². The van der Waals surface area contributed by atoms with E-state index in [1.165, 1.54) is 6.07 Å². The summed E-state index contributed by atoms with van der Waals surface area (Å²) in [7, 11) is 1.97. The fourth-order valence-electron chi connectivity index (χ4n) is 5.46. The zero-order chi connectivity index (χ0) is 29.5. The van der Waals surface area contributed by atoms with E-state index in [0.717, 1.165) is 36.0 Å². The minimum absolute atomic E-state index is 0.209. The SMILES string of the molecule is CN1CCN(c2ccc(-c3cc(CN4CCC(O)C4)ccc3F)cc2-n2cc(C(N)=O)c(C(F)(F)F)cc2=O)CC1. The normalized spacial score (nSPS) is 18.7. The number of aliphatic hydroxyl groups excluding tert-OH is 1. The molecule has 2 fully saturated rings. The number of pyridine rings is 1. The number of rotatable bonds is 6. The highest BCUT2D eigenvalue weighted by Crippen LogP contribution is 2.35. The van der Waals surface area contributed by atoms with Crippen molar-refractivity contribution in [1.29, 1.82) is 0 Å². The number of carbonyl (C=O) groups excluding carboxylic acids is 1. The zero-order valence-electron chi connectivity index (χ0n) is 22.5. The lowest BCUT2D eigenvalue weighted by atomic mass is 10.00. The molecule has 2 aliphatic rings. The van der Waals surface area contributed by atoms with Gasteiger partial charge in [0.1, 0.15) is 5.82 Å². The lowest BCUT2D eigenvalue weighted by molar-refractivity contribution is -0.138. The number of hydrogen-bond donors (Lipinski definition) is 2. The molecule has 0 aliphatic carbocycles. The van der Waals surface area contributed by atoms with Gasteiger partial charge in [-0.2, -0.15) is 13.2 Å². The maximum absolute atomic E-state index is 15.2. The number of benzene rings is 2. The number of aromatic nitrogens is 1. The molecule has 1 atom stereocenters. The van der Waals surface area contributed by atoms with Crippen molar-refractivity contribution >= 4 is 11.6 Å². The van der Waals surface area contributed by atoms with Crippen molar-refractivity contribution in [2.75, 3.05) is 51.2 Å². The number of aliphatic hydroxyl groups is 1. The van der Waals surface area contributed by atoms with Crippen molar-refractivity contribution in [1.82, 2.24) is 14.4 Å². The van der Waals surface area contributed by atoms with Crippen LogP contribution in [0.25, 0.3) is 16.8 Å². The molecule has 1 unspecified atom stereocenters. The molecule has 8 nitrogen and oxygen atoms in total. The summed E-state index contributed by atoms with van der Waals surface area (Å²) in [5.74, 6) is -1.83. The average molecular weight is 574 g/mol. The Hall–Kier alpha value is -3.74. The summed E-state index contributed by atoms with van der Waals surface area (Å²) >= 11 is 0. The number of piperazine rings is 1. The monoisotopic (exact) mass is 573 g/mol. The van der Waals surface area contributed by atoms with Gasteiger partial charge in [-0.3, -0.25) is 19.1 Å². The number of anilines is 1. The summed E-state index contributed by atoms with van der Waals surface area (Å²) in [6.45, 7) is 4.37. The average Bonchev–Trinajstić information content (AvgIpc) is 3.33. The Kier molecular flexibility index (Phi) is 7.91. The van der Waals surface area contributed by atoms with E-state index in [9.17, 15) is 27.9 Å². The molecular formula is C29H31F4N5O3. The number of nitrogens with two attached hydrogens (primary N) is 1. The van der Waals surface area contributed by atoms with Crippen molar-refractivity contribution in [2.45, 2.75) is 25.2 Å². The summed E-state index contributed by atoms with van der Waals surface area (Å²) in [4.78, 5) is 31.4. The molecule has 0 bridgehead atoms. The van der Waals surface area contributed by atoms with Crippen LogP contribution in [-0.4, -0.2) is 77.8 Å². The predicted octanol–water partition coefficient (Wildman–Crippen LogP) is 3.08. The number of likely N-dealkylation sites (tertiary alicyclic amines) is 1. The summed E-state index contributed by atoms with van der Waals surface area (Å²) < 4.78 is 57.1. The van der Waals surface area contributed by atoms with Gasteiger partial charge in [-0.25, -0.2) is 4.39 Å². The van der Waals surface area contributed by atoms with E-state index in [2.05, 4.69) is 9.80 Å². The molecule has 3 aromatic rings. The smallest absolute Gasteiger partial charge is 0.392 e. The third-order valence-corrected chi connectivity index (χ3v) is 7.70. The second kappa shape index (κ2) is 11.3. The van der Waals surface area contributed by atoms with Gasteiger partial charge in [0.15, 0.2) is 0 Å². The Morgan fingerprint density at radius 3 is 2.39 bits per heavy atom. The van der Waals surface area contributed by atoms with E-state index >= 15 is 4.39 Å². The van der Waals surface area contributed by atoms with Gasteiger partial charge in [-0.05, 0) is 48.9 Å². The number of amides is 1. The summed E-state index contributed by atoms with van der Waals surface area (Å²) in [6.07, 6.45) is -3.87. The highest BCUT2D eigenvalue weighted by molar-refractivity contribution is 5.94. The molecule has 41 heavy (non-hydrogen) atoms. The first-order valence-corrected chi connectivity index (χ1v) is 13.3. The van der Waals surface area contributed by atoms with Gasteiger partial charge >= 0.3 is 6.18 Å². The van der Waals surface area contributed by atoms with Crippen LogP contribution in [0.1, 0.15) is 27.9 Å². The number of likely N-dealkylation sites (N-methyl/N-ethyl adjacent to an activating group) is 1. The quantitative estimate of drug-likeness (QED) is 0.441. The second-order valence-corrected chi connectivity index (χ2v) is 10.7. The Balaban J connectivity index is 1.64. The number of hydrogen-bond acceptors (Lipinski definition) is 6. The van der Waals surface area contributed by atoms with Gasteiger partial charge in [0, 0.05) is 63.6 Å². The Labute approximate surface area is 234 Å². The molecule has 0 spiro atoms. The molecule has 0 radical (unpaired) electrons. The first-order valence-electron chi connectivity index (χ1n) is 13.3. The molecule has 2 aliphatic heterocycles. The van der Waals surface area contributed by atoms with Gasteiger partial charge < -0.3 is 20.6 Å². The van der Waals surface area contributed by atoms with Crippen LogP contribution in [0.15, 0.2) is 53.5 Å². The van der Waals surface area contributed by atoms with E-state index in [1.54, 1.807) is 30.3 Å². The van der Waals surface area contributed by atoms with Gasteiger partial charge in [0.2, 0.25) is 0 Å². The van der Waals surface area contributed by atoms with Crippen LogP contribution in [0, 0.1) is 5.82 Å². The molecule has 1 amide bonds. The van der Waals surface area contributed by atoms with Crippen molar-refractivity contribution < 1.29 is 27.5 Å². The third-order valence-electron chi connectivity index (χ3n) is 7.70. The van der Waals surface area contributed by atoms with Crippen molar-refractivity contribution in [2.24, 2.45) is 5.73 Å². The third kappa shape index (κ3) is 6.14. The second-order valence-electron chi connectivity index (χ2n) is 10.7. The topological polar surface area (TPSA) is 95.0 Å². The molecule has 3 N–H and O–H groups in total. The molecule has 12 heteroatoms. The van der Waals surface area contributed by atoms with Crippen LogP contribution in [0.2, 0.25) is 0 Å². The van der Waals surface area contributed by atoms with Crippen LogP contribution < -0.4 is 16.2 Å². The zero-order valence-corrected chi connectivity index (χ0v) is 22.5. The first-order chi connectivity index (χ1) is 19.4. The lowest BCUT2D eigenvalue weighted by Gasteiger charge is -2.35. The van der Waals surface area contributed by atoms with Gasteiger partial charge in [0.25, 0.3) is 11.5 Å². The van der Waals surface area contributed by atoms with Gasteiger partial charge in [-0.1, -0.05) is 12.1 Å². The molecule has 3 heterocycles. The molecular weight excluding hydrogens is 542 g/mol. The number of primary amides is 1. The minimum atomic E-state index is -4.96. The number of β-amino-alcohol motifs (C(OH)–C–C–N with tert-alkyl or cyclic N) is 1. The standard InChI is InChI=1S/C29H31F4N5O3/c1-35-8-10-37(11-9-35)25-5-3-19(21-12-18(2-4-24(21)30)15-36-7-6-20(39)16-36)13-26(25)38-17-22(28(34)41)23(14-27(38)40)29(31,32)33/h2-5,12-14,17,20,39H,6-11,15-16H2,1H3,(H2,34,41). The highest BCUT2D eigenvalue weighted by atomic mass is 19.4. The van der Waals surface area contributed by atoms with E-state index in [0.29, 0.717) is 49.9 Å². The van der Waals surface area contributed by atoms with E-state index < -0.39 is 40.7 Å². The summed E-state index contributed by atoms with van der Waals surface area (Å²) in [5, 5.41) is 9.85. The van der Waals surface area contributed by atoms with Crippen molar-refractivity contribution in [3.05, 3.63) is 81.5 Å². The van der Waals surface area contributed by atoms with Crippen LogP contribution >= 0.6 is 0 Å². The predicted molar refractivity (Wildman–Crippen MR) is 147 cm³/mol. The number of carbonyl (C=O) groups is 1. The minimum Gasteiger partial charge on any atom is -0.392 e. The molecule has 1 aromatic heterocycles. The van der Waals surface area contributed by atoms with Gasteiger partial charge in [0.05, 0.1) is 28.6 Å². The maximum atomic E-state index is 15.2. The van der Waals surface area contributed by atoms with E-state index in [-0.39, 0.29) is 11.3 Å². The lowest BCUT2D eigenvalue weighted by Crippen LogP contribution is -2.45. The summed E-state index contributed by atoms with van der Waals surface area (Å²) in [6, 6.07) is 10.1. The molecule has 2 aromatic carbocycles.